The molecule has 256 valence electrons. The number of carbonyl (C=O) groups is 3. The Bertz CT molecular complexity index is 1790. The predicted octanol–water partition coefficient (Wildman–Crippen LogP) is 4.83. The molecule has 4 heterocycles. The third-order valence-corrected chi connectivity index (χ3v) is 13.0. The first-order chi connectivity index (χ1) is 22.8. The second-order valence-electron chi connectivity index (χ2n) is 13.8. The van der Waals surface area contributed by atoms with Gasteiger partial charge >= 0.3 is 13.3 Å². The highest BCUT2D eigenvalue weighted by Gasteiger charge is 2.54. The molecular formula is C34H38F2N3O7PS. The molecule has 1 aromatic heterocycles. The lowest BCUT2D eigenvalue weighted by Gasteiger charge is -2.52. The van der Waals surface area contributed by atoms with Crippen LogP contribution >= 0.6 is 18.9 Å². The second kappa shape index (κ2) is 12.3. The number of halogens is 2. The second-order valence-corrected chi connectivity index (χ2v) is 16.5. The largest absolute Gasteiger partial charge is 0.399 e. The van der Waals surface area contributed by atoms with Gasteiger partial charge in [-0.2, -0.15) is 8.78 Å². The highest BCUT2D eigenvalue weighted by Crippen LogP contribution is 2.59. The van der Waals surface area contributed by atoms with E-state index in [1.54, 1.807) is 12.0 Å². The molecule has 0 unspecified atom stereocenters. The van der Waals surface area contributed by atoms with Gasteiger partial charge in [-0.15, -0.1) is 11.3 Å². The third kappa shape index (κ3) is 5.67. The van der Waals surface area contributed by atoms with Crippen LogP contribution < -0.4 is 5.32 Å². The number of benzene rings is 2. The number of rotatable bonds is 8. The van der Waals surface area contributed by atoms with Crippen molar-refractivity contribution in [3.8, 4) is 0 Å². The minimum atomic E-state index is -5.76. The zero-order valence-electron chi connectivity index (χ0n) is 26.4. The molecule has 1 aliphatic carbocycles. The van der Waals surface area contributed by atoms with E-state index in [4.69, 9.17) is 14.5 Å². The van der Waals surface area contributed by atoms with E-state index >= 15 is 0 Å². The number of thiophene rings is 1. The maximum atomic E-state index is 14.4. The van der Waals surface area contributed by atoms with E-state index in [9.17, 15) is 27.7 Å². The molecule has 48 heavy (non-hydrogen) atoms. The maximum absolute atomic E-state index is 14.4. The number of nitrogens with one attached hydrogen (secondary N) is 1. The van der Waals surface area contributed by atoms with Gasteiger partial charge in [-0.05, 0) is 79.5 Å². The van der Waals surface area contributed by atoms with Crippen LogP contribution in [0.4, 0.5) is 8.78 Å². The standard InChI is InChI=1S/C34H38F2N3O7PS/c1-46-19-33(23-5-3-2-4-6-23)17-38(18-33)32(42)27-11-10-25-14-20-7-8-21(20)15-26(31(41)39(25)27)37-30(40)29-16-22-13-24(9-12-28(22)48-29)34(35,36)47(43,44)45/h2-6,9,12-13,16,20-21,25-27H,7-8,10-11,14-15,17-19H2,1H3,(H,37,40)(H2,43,44,45)/t20-,21+,25+,26-,27-/m0/s1. The lowest BCUT2D eigenvalue weighted by atomic mass is 9.67. The smallest absolute Gasteiger partial charge is 0.384 e. The van der Waals surface area contributed by atoms with Gasteiger partial charge < -0.3 is 29.6 Å². The van der Waals surface area contributed by atoms with E-state index in [1.807, 2.05) is 35.2 Å². The maximum Gasteiger partial charge on any atom is 0.399 e. The van der Waals surface area contributed by atoms with Crippen molar-refractivity contribution in [2.45, 2.75) is 67.7 Å². The Morgan fingerprint density at radius 3 is 2.42 bits per heavy atom. The average molecular weight is 702 g/mol. The van der Waals surface area contributed by atoms with Crippen LogP contribution in [0, 0.1) is 11.8 Å². The fraction of sp³-hybridized carbons (Fsp3) is 0.500. The summed E-state index contributed by atoms with van der Waals surface area (Å²) in [7, 11) is -4.11. The molecule has 4 aliphatic rings. The fourth-order valence-corrected chi connectivity index (χ4v) is 9.64. The molecule has 2 aromatic carbocycles. The van der Waals surface area contributed by atoms with E-state index in [0.29, 0.717) is 43.2 Å². The number of ether oxygens (including phenoxy) is 1. The first kappa shape index (κ1) is 33.3. The number of likely N-dealkylation sites (tertiary alicyclic amines) is 1. The average Bonchev–Trinajstić information content (AvgIpc) is 3.65. The van der Waals surface area contributed by atoms with Crippen LogP contribution in [0.2, 0.25) is 0 Å². The van der Waals surface area contributed by atoms with Gasteiger partial charge in [0.05, 0.1) is 16.9 Å². The number of hydrogen-bond acceptors (Lipinski definition) is 6. The van der Waals surface area contributed by atoms with Gasteiger partial charge in [0.15, 0.2) is 0 Å². The Hall–Kier alpha value is -3.22. The molecular weight excluding hydrogens is 663 g/mol. The zero-order valence-corrected chi connectivity index (χ0v) is 28.1. The van der Waals surface area contributed by atoms with Gasteiger partial charge in [0.1, 0.15) is 12.1 Å². The Morgan fingerprint density at radius 1 is 1.04 bits per heavy atom. The quantitative estimate of drug-likeness (QED) is 0.286. The third-order valence-electron chi connectivity index (χ3n) is 10.9. The van der Waals surface area contributed by atoms with Gasteiger partial charge in [0, 0.05) is 36.5 Å². The number of nitrogens with zero attached hydrogens (tertiary/aromatic N) is 2. The van der Waals surface area contributed by atoms with Gasteiger partial charge in [0.2, 0.25) is 11.8 Å². The zero-order chi connectivity index (χ0) is 34.0. The number of methoxy groups -OCH3 is 1. The van der Waals surface area contributed by atoms with E-state index in [0.717, 1.165) is 54.7 Å². The summed E-state index contributed by atoms with van der Waals surface area (Å²) < 4.78 is 46.2. The number of amides is 3. The molecule has 1 saturated carbocycles. The van der Waals surface area contributed by atoms with Crippen LogP contribution in [0.3, 0.4) is 0 Å². The molecule has 3 N–H and O–H groups in total. The molecule has 3 saturated heterocycles. The van der Waals surface area contributed by atoms with Gasteiger partial charge in [-0.3, -0.25) is 18.9 Å². The highest BCUT2D eigenvalue weighted by molar-refractivity contribution is 7.52. The van der Waals surface area contributed by atoms with Gasteiger partial charge in [-0.1, -0.05) is 36.4 Å². The molecule has 4 fully saturated rings. The molecule has 3 amide bonds. The summed E-state index contributed by atoms with van der Waals surface area (Å²) in [6.07, 6.45) is 4.59. The summed E-state index contributed by atoms with van der Waals surface area (Å²) in [5.41, 5.74) is -4.43. The van der Waals surface area contributed by atoms with Crippen molar-refractivity contribution in [2.75, 3.05) is 26.8 Å². The van der Waals surface area contributed by atoms with Gasteiger partial charge in [0.25, 0.3) is 5.91 Å². The summed E-state index contributed by atoms with van der Waals surface area (Å²) in [5, 5.41) is 3.15. The summed E-state index contributed by atoms with van der Waals surface area (Å²) in [6.45, 7) is 1.45. The number of hydrogen-bond donors (Lipinski definition) is 3. The van der Waals surface area contributed by atoms with Gasteiger partial charge in [-0.25, -0.2) is 0 Å². The molecule has 7 rings (SSSR count). The van der Waals surface area contributed by atoms with Crippen molar-refractivity contribution in [2.24, 2.45) is 11.8 Å². The van der Waals surface area contributed by atoms with Crippen molar-refractivity contribution < 1.29 is 42.3 Å². The Morgan fingerprint density at radius 2 is 1.75 bits per heavy atom. The Labute approximate surface area is 280 Å². The number of carbonyl (C=O) groups excluding carboxylic acids is 3. The molecule has 5 atom stereocenters. The minimum Gasteiger partial charge on any atom is -0.384 e. The van der Waals surface area contributed by atoms with Crippen molar-refractivity contribution in [1.29, 1.82) is 0 Å². The van der Waals surface area contributed by atoms with Crippen molar-refractivity contribution in [3.63, 3.8) is 0 Å². The normalized spacial score (nSPS) is 26.9. The Kier molecular flexibility index (Phi) is 8.51. The van der Waals surface area contributed by atoms with Crippen molar-refractivity contribution in [3.05, 3.63) is 70.6 Å². The summed E-state index contributed by atoms with van der Waals surface area (Å²) >= 11 is 1.04. The van der Waals surface area contributed by atoms with E-state index in [1.165, 1.54) is 12.1 Å². The lowest BCUT2D eigenvalue weighted by molar-refractivity contribution is -0.154. The van der Waals surface area contributed by atoms with E-state index < -0.39 is 36.8 Å². The van der Waals surface area contributed by atoms with Crippen LogP contribution in [-0.2, 0) is 30.0 Å². The lowest BCUT2D eigenvalue weighted by Crippen LogP contribution is -2.67. The number of fused-ring (bicyclic) bond motifs is 3. The summed E-state index contributed by atoms with van der Waals surface area (Å²) in [4.78, 5) is 63.9. The first-order valence-corrected chi connectivity index (χ1v) is 18.7. The first-order valence-electron chi connectivity index (χ1n) is 16.2. The topological polar surface area (TPSA) is 136 Å². The van der Waals surface area contributed by atoms with Crippen LogP contribution in [0.25, 0.3) is 10.1 Å². The molecule has 3 aliphatic heterocycles. The molecule has 10 nitrogen and oxygen atoms in total. The predicted molar refractivity (Wildman–Crippen MR) is 175 cm³/mol. The van der Waals surface area contributed by atoms with Crippen molar-refractivity contribution in [1.82, 2.24) is 15.1 Å². The minimum absolute atomic E-state index is 0.0864. The van der Waals surface area contributed by atoms with Crippen LogP contribution in [0.1, 0.15) is 59.3 Å². The van der Waals surface area contributed by atoms with Crippen LogP contribution in [0.5, 0.6) is 0 Å². The van der Waals surface area contributed by atoms with Crippen LogP contribution in [-0.4, -0.2) is 82.2 Å². The fourth-order valence-electron chi connectivity index (χ4n) is 8.22. The van der Waals surface area contributed by atoms with E-state index in [-0.39, 0.29) is 39.5 Å². The molecule has 0 radical (unpaired) electrons. The molecule has 14 heteroatoms. The monoisotopic (exact) mass is 701 g/mol. The summed E-state index contributed by atoms with van der Waals surface area (Å²) in [5.74, 6) is -0.203. The molecule has 0 bridgehead atoms. The summed E-state index contributed by atoms with van der Waals surface area (Å²) in [6, 6.07) is 13.0. The van der Waals surface area contributed by atoms with Crippen LogP contribution in [0.15, 0.2) is 54.6 Å². The highest BCUT2D eigenvalue weighted by atomic mass is 32.1. The van der Waals surface area contributed by atoms with Crippen molar-refractivity contribution >= 4 is 46.7 Å². The SMILES string of the molecule is COCC1(c2ccccc2)CN(C(=O)[C@@H]2CC[C@@H]3C[C@@H]4CC[C@@H]4C[C@H](NC(=O)c4cc5cc(C(F)(F)P(=O)(O)O)ccc5s4)C(=O)N32)C1. The molecule has 3 aromatic rings. The molecule has 0 spiro atoms. The Balaban J connectivity index is 1.10. The van der Waals surface area contributed by atoms with E-state index in [2.05, 4.69) is 5.32 Å². The number of alkyl halides is 2.